The second kappa shape index (κ2) is 6.85. The summed E-state index contributed by atoms with van der Waals surface area (Å²) in [6.45, 7) is 0. The molecule has 2 aromatic rings. The van der Waals surface area contributed by atoms with Crippen LogP contribution < -0.4 is 9.47 Å². The average Bonchev–Trinajstić information content (AvgIpc) is 2.54. The average molecular weight is 304 g/mol. The third-order valence-corrected chi connectivity index (χ3v) is 3.04. The van der Waals surface area contributed by atoms with Crippen LogP contribution in [0.15, 0.2) is 42.5 Å². The van der Waals surface area contributed by atoms with Crippen molar-refractivity contribution < 1.29 is 23.0 Å². The van der Waals surface area contributed by atoms with E-state index in [4.69, 9.17) is 9.47 Å². The summed E-state index contributed by atoms with van der Waals surface area (Å²) < 4.78 is 36.1. The number of halogens is 2. The number of carbonyl (C=O) groups is 1. The number of benzene rings is 2. The van der Waals surface area contributed by atoms with Crippen LogP contribution in [0.2, 0.25) is 0 Å². The van der Waals surface area contributed by atoms with Crippen LogP contribution in [-0.2, 0) is 0 Å². The molecule has 3 nitrogen and oxygen atoms in total. The van der Waals surface area contributed by atoms with Gasteiger partial charge in [-0.2, -0.15) is 0 Å². The van der Waals surface area contributed by atoms with E-state index in [1.165, 1.54) is 32.4 Å². The Hall–Kier alpha value is -2.69. The van der Waals surface area contributed by atoms with Gasteiger partial charge >= 0.3 is 0 Å². The third-order valence-electron chi connectivity index (χ3n) is 3.04. The van der Waals surface area contributed by atoms with Crippen LogP contribution in [0.4, 0.5) is 8.78 Å². The van der Waals surface area contributed by atoms with Gasteiger partial charge < -0.3 is 9.47 Å². The van der Waals surface area contributed by atoms with Crippen molar-refractivity contribution in [2.75, 3.05) is 14.2 Å². The van der Waals surface area contributed by atoms with Crippen molar-refractivity contribution in [2.45, 2.75) is 0 Å². The van der Waals surface area contributed by atoms with Gasteiger partial charge in [0.15, 0.2) is 28.9 Å². The molecular weight excluding hydrogens is 290 g/mol. The highest BCUT2D eigenvalue weighted by Gasteiger charge is 2.08. The van der Waals surface area contributed by atoms with E-state index in [1.807, 2.05) is 0 Å². The van der Waals surface area contributed by atoms with Gasteiger partial charge in [0.25, 0.3) is 0 Å². The number of ether oxygens (including phenoxy) is 2. The molecule has 114 valence electrons. The number of allylic oxidation sites excluding steroid dienone is 1. The number of carbonyl (C=O) groups excluding carboxylic acids is 1. The van der Waals surface area contributed by atoms with E-state index < -0.39 is 11.6 Å². The fourth-order valence-corrected chi connectivity index (χ4v) is 1.87. The summed E-state index contributed by atoms with van der Waals surface area (Å²) in [5.41, 5.74) is 0.796. The van der Waals surface area contributed by atoms with E-state index in [0.717, 1.165) is 12.1 Å². The fraction of sp³-hybridized carbons (Fsp3) is 0.118. The Morgan fingerprint density at radius 2 is 1.68 bits per heavy atom. The Balaban J connectivity index is 2.21. The van der Waals surface area contributed by atoms with Gasteiger partial charge in [-0.3, -0.25) is 4.79 Å². The smallest absolute Gasteiger partial charge is 0.185 e. The van der Waals surface area contributed by atoms with Crippen molar-refractivity contribution in [2.24, 2.45) is 0 Å². The summed E-state index contributed by atoms with van der Waals surface area (Å²) in [5.74, 6) is -1.21. The molecule has 0 heterocycles. The van der Waals surface area contributed by atoms with Gasteiger partial charge in [-0.05, 0) is 42.0 Å². The van der Waals surface area contributed by atoms with Gasteiger partial charge in [-0.15, -0.1) is 0 Å². The summed E-state index contributed by atoms with van der Waals surface area (Å²) >= 11 is 0. The lowest BCUT2D eigenvalue weighted by Gasteiger charge is -2.08. The predicted molar refractivity (Wildman–Crippen MR) is 79.3 cm³/mol. The lowest BCUT2D eigenvalue weighted by Crippen LogP contribution is -1.97. The van der Waals surface area contributed by atoms with E-state index in [-0.39, 0.29) is 5.78 Å². The highest BCUT2D eigenvalue weighted by Crippen LogP contribution is 2.27. The quantitative estimate of drug-likeness (QED) is 0.621. The van der Waals surface area contributed by atoms with Crippen molar-refractivity contribution in [1.82, 2.24) is 0 Å². The first kappa shape index (κ1) is 15.7. The van der Waals surface area contributed by atoms with Crippen LogP contribution in [0.25, 0.3) is 6.08 Å². The zero-order valence-electron chi connectivity index (χ0n) is 12.1. The minimum absolute atomic E-state index is 0.286. The number of hydrogen-bond donors (Lipinski definition) is 0. The molecule has 0 aliphatic rings. The first-order chi connectivity index (χ1) is 10.5. The first-order valence-electron chi connectivity index (χ1n) is 6.44. The van der Waals surface area contributed by atoms with E-state index in [1.54, 1.807) is 18.2 Å². The molecule has 0 aliphatic carbocycles. The molecule has 0 unspecified atom stereocenters. The van der Waals surface area contributed by atoms with Crippen molar-refractivity contribution in [3.8, 4) is 11.5 Å². The molecule has 22 heavy (non-hydrogen) atoms. The van der Waals surface area contributed by atoms with E-state index in [0.29, 0.717) is 22.6 Å². The molecule has 0 spiro atoms. The molecule has 5 heteroatoms. The Kier molecular flexibility index (Phi) is 4.88. The summed E-state index contributed by atoms with van der Waals surface area (Å²) in [5, 5.41) is 0. The van der Waals surface area contributed by atoms with Crippen LogP contribution in [0, 0.1) is 11.6 Å². The minimum Gasteiger partial charge on any atom is -0.493 e. The largest absolute Gasteiger partial charge is 0.493 e. The van der Waals surface area contributed by atoms with Crippen LogP contribution in [0.3, 0.4) is 0 Å². The Labute approximate surface area is 126 Å². The van der Waals surface area contributed by atoms with Gasteiger partial charge in [-0.25, -0.2) is 8.78 Å². The number of hydrogen-bond acceptors (Lipinski definition) is 3. The molecule has 0 amide bonds. The fourth-order valence-electron chi connectivity index (χ4n) is 1.87. The maximum Gasteiger partial charge on any atom is 0.185 e. The van der Waals surface area contributed by atoms with Crippen molar-refractivity contribution >= 4 is 11.9 Å². The van der Waals surface area contributed by atoms with Crippen LogP contribution in [-0.4, -0.2) is 20.0 Å². The van der Waals surface area contributed by atoms with Crippen LogP contribution in [0.5, 0.6) is 11.5 Å². The van der Waals surface area contributed by atoms with Gasteiger partial charge in [0.1, 0.15) is 0 Å². The summed E-state index contributed by atoms with van der Waals surface area (Å²) in [4.78, 5) is 12.1. The van der Waals surface area contributed by atoms with E-state index in [9.17, 15) is 13.6 Å². The lowest BCUT2D eigenvalue weighted by molar-refractivity contribution is 0.104. The zero-order chi connectivity index (χ0) is 16.1. The summed E-state index contributed by atoms with van der Waals surface area (Å²) in [6, 6.07) is 8.19. The zero-order valence-corrected chi connectivity index (χ0v) is 12.1. The predicted octanol–water partition coefficient (Wildman–Crippen LogP) is 3.88. The van der Waals surface area contributed by atoms with Crippen molar-refractivity contribution in [3.63, 3.8) is 0 Å². The van der Waals surface area contributed by atoms with Gasteiger partial charge in [0.05, 0.1) is 14.2 Å². The molecular formula is C17H14F2O3. The van der Waals surface area contributed by atoms with Crippen molar-refractivity contribution in [3.05, 3.63) is 65.2 Å². The molecule has 2 aromatic carbocycles. The van der Waals surface area contributed by atoms with Gasteiger partial charge in [-0.1, -0.05) is 12.1 Å². The van der Waals surface area contributed by atoms with E-state index >= 15 is 0 Å². The number of rotatable bonds is 5. The molecule has 0 atom stereocenters. The summed E-state index contributed by atoms with van der Waals surface area (Å²) in [6.07, 6.45) is 2.70. The number of ketones is 1. The molecule has 0 aliphatic heterocycles. The summed E-state index contributed by atoms with van der Waals surface area (Å²) in [7, 11) is 2.98. The van der Waals surface area contributed by atoms with Gasteiger partial charge in [0.2, 0.25) is 0 Å². The highest BCUT2D eigenvalue weighted by atomic mass is 19.2. The molecule has 0 bridgehead atoms. The molecule has 2 rings (SSSR count). The standard InChI is InChI=1S/C17H14F2O3/c1-21-16-8-5-12(10-17(16)22-2)15(20)7-4-11-3-6-13(18)14(19)9-11/h3-10H,1-2H3/b7-4+. The monoisotopic (exact) mass is 304 g/mol. The highest BCUT2D eigenvalue weighted by molar-refractivity contribution is 6.07. The maximum absolute atomic E-state index is 13.1. The Morgan fingerprint density at radius 3 is 2.32 bits per heavy atom. The molecule has 0 saturated heterocycles. The molecule has 0 N–H and O–H groups in total. The minimum atomic E-state index is -0.958. The molecule has 0 saturated carbocycles. The molecule has 0 fully saturated rings. The Morgan fingerprint density at radius 1 is 0.955 bits per heavy atom. The van der Waals surface area contributed by atoms with Crippen LogP contribution in [0.1, 0.15) is 15.9 Å². The topological polar surface area (TPSA) is 35.5 Å². The maximum atomic E-state index is 13.1. The molecule has 0 aromatic heterocycles. The SMILES string of the molecule is COc1ccc(C(=O)/C=C/c2ccc(F)c(F)c2)cc1OC. The molecule has 0 radical (unpaired) electrons. The van der Waals surface area contributed by atoms with E-state index in [2.05, 4.69) is 0 Å². The first-order valence-corrected chi connectivity index (χ1v) is 6.44. The second-order valence-corrected chi connectivity index (χ2v) is 4.44. The third kappa shape index (κ3) is 3.49. The second-order valence-electron chi connectivity index (χ2n) is 4.44. The van der Waals surface area contributed by atoms with Crippen LogP contribution >= 0.6 is 0 Å². The number of methoxy groups -OCH3 is 2. The Bertz CT molecular complexity index is 724. The normalized spacial score (nSPS) is 10.7. The van der Waals surface area contributed by atoms with Gasteiger partial charge in [0, 0.05) is 5.56 Å². The lowest BCUT2D eigenvalue weighted by atomic mass is 10.1. The van der Waals surface area contributed by atoms with Crippen molar-refractivity contribution in [1.29, 1.82) is 0 Å².